The summed E-state index contributed by atoms with van der Waals surface area (Å²) in [6.45, 7) is 3.72. The predicted octanol–water partition coefficient (Wildman–Crippen LogP) is 4.46. The average molecular weight is 462 g/mol. The van der Waals surface area contributed by atoms with E-state index in [-0.39, 0.29) is 29.5 Å². The van der Waals surface area contributed by atoms with Gasteiger partial charge in [-0.2, -0.15) is 0 Å². The number of nitrogens with one attached hydrogen (secondary N) is 1. The molecule has 0 spiro atoms. The van der Waals surface area contributed by atoms with Crippen molar-refractivity contribution in [3.05, 3.63) is 0 Å². The molecule has 6 fully saturated rings. The summed E-state index contributed by atoms with van der Waals surface area (Å²) in [5.74, 6) is 3.24. The number of piperidine rings is 1. The van der Waals surface area contributed by atoms with E-state index in [1.807, 2.05) is 0 Å². The van der Waals surface area contributed by atoms with Gasteiger partial charge in [-0.05, 0) is 108 Å². The van der Waals surface area contributed by atoms with Crippen molar-refractivity contribution in [1.29, 1.82) is 0 Å². The van der Waals surface area contributed by atoms with E-state index in [0.29, 0.717) is 17.8 Å². The third-order valence-corrected chi connectivity index (χ3v) is 11.0. The third-order valence-electron chi connectivity index (χ3n) is 11.0. The molecule has 2 unspecified atom stereocenters. The summed E-state index contributed by atoms with van der Waals surface area (Å²) in [5.41, 5.74) is 12.9. The zero-order valence-corrected chi connectivity index (χ0v) is 21.2. The van der Waals surface area contributed by atoms with Crippen LogP contribution in [0.4, 0.5) is 0 Å². The molecule has 3 aliphatic heterocycles. The number of hydrogen-bond donors (Lipinski definition) is 4. The number of aliphatic hydroxyl groups is 1. The Morgan fingerprint density at radius 2 is 1.73 bits per heavy atom. The largest absolute Gasteiger partial charge is 0.396 e. The molecule has 0 aromatic rings. The normalized spacial score (nSPS) is 49.3. The van der Waals surface area contributed by atoms with Crippen molar-refractivity contribution < 1.29 is 9.84 Å². The molecule has 5 nitrogen and oxygen atoms in total. The first-order chi connectivity index (χ1) is 15.9. The van der Waals surface area contributed by atoms with Gasteiger partial charge in [0.1, 0.15) is 0 Å². The van der Waals surface area contributed by atoms with Crippen LogP contribution in [0.5, 0.6) is 0 Å². The number of nitrogens with two attached hydrogens (primary N) is 2. The van der Waals surface area contributed by atoms with Crippen molar-refractivity contribution in [3.8, 4) is 0 Å². The van der Waals surface area contributed by atoms with Gasteiger partial charge in [-0.3, -0.25) is 0 Å². The van der Waals surface area contributed by atoms with Gasteiger partial charge in [0.05, 0.1) is 17.4 Å². The topological polar surface area (TPSA) is 93.5 Å². The van der Waals surface area contributed by atoms with Crippen molar-refractivity contribution in [3.63, 3.8) is 0 Å². The van der Waals surface area contributed by atoms with Gasteiger partial charge in [0.2, 0.25) is 0 Å². The van der Waals surface area contributed by atoms with E-state index in [4.69, 9.17) is 16.2 Å². The standard InChI is InChI=1S/C28H51N3O2/c1-26(22-7-3-2-4-8-22)24-12-13-28(33-26,19-27(24,30)14-15-32)23-9-5-6-20(17-23)16-21-10-11-25(29)31-18-21/h20-25,31-32H,2-19,29-30H2,1H3/t20-,21?,23-,24-,25?,26+,27+,28+/m1/s1. The Balaban J connectivity index is 1.35. The molecule has 2 bridgehead atoms. The van der Waals surface area contributed by atoms with E-state index in [0.717, 1.165) is 37.6 Å². The lowest BCUT2D eigenvalue weighted by Crippen LogP contribution is -2.74. The fourth-order valence-corrected chi connectivity index (χ4v) is 9.44. The average Bonchev–Trinajstić information content (AvgIpc) is 2.81. The lowest BCUT2D eigenvalue weighted by molar-refractivity contribution is -0.312. The first-order valence-electron chi connectivity index (χ1n) is 14.5. The molecular weight excluding hydrogens is 410 g/mol. The van der Waals surface area contributed by atoms with E-state index in [1.54, 1.807) is 0 Å². The van der Waals surface area contributed by atoms with Gasteiger partial charge in [-0.15, -0.1) is 0 Å². The maximum atomic E-state index is 9.99. The Kier molecular flexibility index (Phi) is 7.19. The first-order valence-corrected chi connectivity index (χ1v) is 14.5. The zero-order chi connectivity index (χ0) is 23.1. The van der Waals surface area contributed by atoms with E-state index < -0.39 is 0 Å². The molecule has 8 atom stereocenters. The summed E-state index contributed by atoms with van der Waals surface area (Å²) < 4.78 is 7.44. The van der Waals surface area contributed by atoms with Crippen LogP contribution in [-0.4, -0.2) is 41.2 Å². The van der Waals surface area contributed by atoms with Crippen molar-refractivity contribution in [2.45, 2.75) is 133 Å². The molecular formula is C28H51N3O2. The molecule has 33 heavy (non-hydrogen) atoms. The van der Waals surface area contributed by atoms with Gasteiger partial charge in [0.15, 0.2) is 0 Å². The van der Waals surface area contributed by atoms with Crippen LogP contribution in [0, 0.1) is 29.6 Å². The van der Waals surface area contributed by atoms with Crippen LogP contribution in [0.15, 0.2) is 0 Å². The molecule has 0 amide bonds. The predicted molar refractivity (Wildman–Crippen MR) is 134 cm³/mol. The number of ether oxygens (including phenoxy) is 1. The zero-order valence-electron chi connectivity index (χ0n) is 21.2. The molecule has 0 radical (unpaired) electrons. The lowest BCUT2D eigenvalue weighted by Gasteiger charge is -2.68. The van der Waals surface area contributed by atoms with Crippen LogP contribution in [0.2, 0.25) is 0 Å². The summed E-state index contributed by atoms with van der Waals surface area (Å²) in [4.78, 5) is 0. The minimum Gasteiger partial charge on any atom is -0.396 e. The highest BCUT2D eigenvalue weighted by molar-refractivity contribution is 5.17. The molecule has 3 aliphatic carbocycles. The van der Waals surface area contributed by atoms with Gasteiger partial charge in [-0.25, -0.2) is 0 Å². The number of rotatable bonds is 6. The van der Waals surface area contributed by atoms with Crippen molar-refractivity contribution >= 4 is 0 Å². The number of fused-ring (bicyclic) bond motifs is 3. The maximum absolute atomic E-state index is 9.99. The monoisotopic (exact) mass is 461 g/mol. The minimum absolute atomic E-state index is 0.0727. The molecule has 0 aromatic carbocycles. The first kappa shape index (κ1) is 24.5. The SMILES string of the molecule is C[C@@]1(C2CCCCC2)O[C@@]2([C@@H]3CCC[C@H](CC4CCC(N)NC4)C3)CC[C@H]1[C@](N)(CCO)C2. The molecule has 190 valence electrons. The van der Waals surface area contributed by atoms with Crippen molar-refractivity contribution in [2.24, 2.45) is 41.1 Å². The lowest BCUT2D eigenvalue weighted by atomic mass is 9.50. The van der Waals surface area contributed by atoms with Crippen LogP contribution < -0.4 is 16.8 Å². The minimum atomic E-state index is -0.270. The van der Waals surface area contributed by atoms with Gasteiger partial charge < -0.3 is 26.6 Å². The Morgan fingerprint density at radius 3 is 2.45 bits per heavy atom. The summed E-state index contributed by atoms with van der Waals surface area (Å²) >= 11 is 0. The third kappa shape index (κ3) is 4.67. The number of hydrogen-bond acceptors (Lipinski definition) is 5. The molecule has 6 N–H and O–H groups in total. The molecule has 0 aromatic heterocycles. The summed E-state index contributed by atoms with van der Waals surface area (Å²) in [6.07, 6.45) is 20.0. The van der Waals surface area contributed by atoms with E-state index in [2.05, 4.69) is 12.2 Å². The van der Waals surface area contributed by atoms with E-state index >= 15 is 0 Å². The smallest absolute Gasteiger partial charge is 0.0736 e. The molecule has 6 rings (SSSR count). The maximum Gasteiger partial charge on any atom is 0.0736 e. The molecule has 6 aliphatic rings. The second-order valence-corrected chi connectivity index (χ2v) is 13.1. The van der Waals surface area contributed by atoms with Gasteiger partial charge >= 0.3 is 0 Å². The highest BCUT2D eigenvalue weighted by Crippen LogP contribution is 2.62. The Hall–Kier alpha value is -0.200. The Bertz CT molecular complexity index is 662. The van der Waals surface area contributed by atoms with Crippen molar-refractivity contribution in [1.82, 2.24) is 5.32 Å². The van der Waals surface area contributed by atoms with Gasteiger partial charge in [0, 0.05) is 18.1 Å². The quantitative estimate of drug-likeness (QED) is 0.469. The molecule has 3 heterocycles. The second kappa shape index (κ2) is 9.69. The summed E-state index contributed by atoms with van der Waals surface area (Å²) in [6, 6.07) is 0. The van der Waals surface area contributed by atoms with Crippen LogP contribution in [0.3, 0.4) is 0 Å². The van der Waals surface area contributed by atoms with E-state index in [9.17, 15) is 5.11 Å². The van der Waals surface area contributed by atoms with E-state index in [1.165, 1.54) is 83.5 Å². The van der Waals surface area contributed by atoms with Gasteiger partial charge in [-0.1, -0.05) is 32.1 Å². The Labute approximate surface area is 202 Å². The van der Waals surface area contributed by atoms with Crippen LogP contribution in [0.1, 0.15) is 110 Å². The van der Waals surface area contributed by atoms with Crippen LogP contribution in [-0.2, 0) is 4.74 Å². The molecule has 3 saturated carbocycles. The van der Waals surface area contributed by atoms with Crippen molar-refractivity contribution in [2.75, 3.05) is 13.2 Å². The molecule has 5 heteroatoms. The fraction of sp³-hybridized carbons (Fsp3) is 1.00. The van der Waals surface area contributed by atoms with Crippen LogP contribution >= 0.6 is 0 Å². The number of aliphatic hydroxyl groups excluding tert-OH is 1. The summed E-state index contributed by atoms with van der Waals surface area (Å²) in [5, 5.41) is 13.5. The van der Waals surface area contributed by atoms with Crippen LogP contribution in [0.25, 0.3) is 0 Å². The summed E-state index contributed by atoms with van der Waals surface area (Å²) in [7, 11) is 0. The molecule has 3 saturated heterocycles. The highest BCUT2D eigenvalue weighted by atomic mass is 16.5. The second-order valence-electron chi connectivity index (χ2n) is 13.1. The highest BCUT2D eigenvalue weighted by Gasteiger charge is 2.65. The Morgan fingerprint density at radius 1 is 0.939 bits per heavy atom. The van der Waals surface area contributed by atoms with Gasteiger partial charge in [0.25, 0.3) is 0 Å². The fourth-order valence-electron chi connectivity index (χ4n) is 9.44.